The van der Waals surface area contributed by atoms with Gasteiger partial charge in [-0.25, -0.2) is 0 Å². The Bertz CT molecular complexity index is 491. The summed E-state index contributed by atoms with van der Waals surface area (Å²) < 4.78 is 5.26. The molecule has 1 saturated heterocycles. The number of hydrogen-bond donors (Lipinski definition) is 2. The molecule has 1 aromatic carbocycles. The molecule has 0 aliphatic carbocycles. The first-order valence-electron chi connectivity index (χ1n) is 6.38. The molecule has 0 spiro atoms. The smallest absolute Gasteiger partial charge is 0.229 e. The van der Waals surface area contributed by atoms with Gasteiger partial charge >= 0.3 is 0 Å². The molecular weight excluding hydrogens is 264 g/mol. The quantitative estimate of drug-likeness (QED) is 0.895. The van der Waals surface area contributed by atoms with Gasteiger partial charge in [0, 0.05) is 17.6 Å². The van der Waals surface area contributed by atoms with Crippen LogP contribution < -0.4 is 15.4 Å². The lowest BCUT2D eigenvalue weighted by Gasteiger charge is -2.17. The van der Waals surface area contributed by atoms with Gasteiger partial charge in [-0.05, 0) is 31.0 Å². The minimum Gasteiger partial charge on any atom is -0.495 e. The molecule has 0 radical (unpaired) electrons. The molecule has 2 rings (SSSR count). The van der Waals surface area contributed by atoms with E-state index in [2.05, 4.69) is 17.6 Å². The maximum absolute atomic E-state index is 12.2. The molecular formula is C14H19ClN2O2. The number of anilines is 1. The van der Waals surface area contributed by atoms with Gasteiger partial charge in [-0.2, -0.15) is 0 Å². The number of aryl methyl sites for hydroxylation is 1. The van der Waals surface area contributed by atoms with Crippen LogP contribution in [0.2, 0.25) is 5.02 Å². The van der Waals surface area contributed by atoms with Crippen molar-refractivity contribution < 1.29 is 9.53 Å². The number of benzene rings is 1. The van der Waals surface area contributed by atoms with Crippen molar-refractivity contribution in [3.8, 4) is 5.75 Å². The van der Waals surface area contributed by atoms with Crippen molar-refractivity contribution in [3.63, 3.8) is 0 Å². The summed E-state index contributed by atoms with van der Waals surface area (Å²) in [6.45, 7) is 5.59. The molecule has 0 saturated carbocycles. The number of rotatable bonds is 3. The van der Waals surface area contributed by atoms with Crippen molar-refractivity contribution in [2.24, 2.45) is 11.8 Å². The molecule has 0 unspecified atom stereocenters. The lowest BCUT2D eigenvalue weighted by molar-refractivity contribution is -0.120. The zero-order valence-corrected chi connectivity index (χ0v) is 12.2. The van der Waals surface area contributed by atoms with E-state index in [9.17, 15) is 4.79 Å². The highest BCUT2D eigenvalue weighted by Crippen LogP contribution is 2.31. The minimum absolute atomic E-state index is 0.000639. The second kappa shape index (κ2) is 5.80. The van der Waals surface area contributed by atoms with Crippen molar-refractivity contribution in [1.29, 1.82) is 0 Å². The first-order valence-corrected chi connectivity index (χ1v) is 6.76. The lowest BCUT2D eigenvalue weighted by Crippen LogP contribution is -2.28. The minimum atomic E-state index is 0.000639. The topological polar surface area (TPSA) is 50.4 Å². The summed E-state index contributed by atoms with van der Waals surface area (Å²) in [6.07, 6.45) is 0. The Morgan fingerprint density at radius 1 is 1.47 bits per heavy atom. The first kappa shape index (κ1) is 14.2. The van der Waals surface area contributed by atoms with Crippen LogP contribution in [0.5, 0.6) is 5.75 Å². The van der Waals surface area contributed by atoms with Crippen LogP contribution >= 0.6 is 11.6 Å². The van der Waals surface area contributed by atoms with Crippen LogP contribution in [0.1, 0.15) is 12.5 Å². The molecule has 1 fully saturated rings. The number of hydrogen-bond acceptors (Lipinski definition) is 3. The number of halogens is 1. The summed E-state index contributed by atoms with van der Waals surface area (Å²) >= 11 is 6.05. The molecule has 2 N–H and O–H groups in total. The number of ether oxygens (including phenoxy) is 1. The largest absolute Gasteiger partial charge is 0.495 e. The Morgan fingerprint density at radius 3 is 2.79 bits per heavy atom. The predicted molar refractivity (Wildman–Crippen MR) is 76.9 cm³/mol. The van der Waals surface area contributed by atoms with Crippen LogP contribution in [-0.4, -0.2) is 26.1 Å². The molecule has 2 atom stereocenters. The second-order valence-corrected chi connectivity index (χ2v) is 5.44. The van der Waals surface area contributed by atoms with Crippen LogP contribution in [0.3, 0.4) is 0 Å². The summed E-state index contributed by atoms with van der Waals surface area (Å²) in [7, 11) is 1.57. The van der Waals surface area contributed by atoms with Crippen molar-refractivity contribution in [3.05, 3.63) is 22.7 Å². The molecule has 0 bridgehead atoms. The van der Waals surface area contributed by atoms with E-state index in [1.165, 1.54) is 0 Å². The standard InChI is InChI=1S/C14H19ClN2O2/c1-8-4-12(13(19-3)5-11(8)15)17-14(18)10-7-16-6-9(10)2/h4-5,9-10,16H,6-7H2,1-3H3,(H,17,18)/t9-,10-/m1/s1. The van der Waals surface area contributed by atoms with E-state index in [1.807, 2.05) is 13.0 Å². The molecule has 0 aromatic heterocycles. The highest BCUT2D eigenvalue weighted by Gasteiger charge is 2.30. The summed E-state index contributed by atoms with van der Waals surface area (Å²) in [5.74, 6) is 0.958. The number of nitrogens with one attached hydrogen (secondary N) is 2. The zero-order valence-electron chi connectivity index (χ0n) is 11.4. The van der Waals surface area contributed by atoms with E-state index < -0.39 is 0 Å². The predicted octanol–water partition coefficient (Wildman–Crippen LogP) is 2.45. The number of carbonyl (C=O) groups excluding carboxylic acids is 1. The van der Waals surface area contributed by atoms with Gasteiger partial charge in [-0.3, -0.25) is 4.79 Å². The third-order valence-corrected chi connectivity index (χ3v) is 4.00. The Hall–Kier alpha value is -1.26. The Labute approximate surface area is 118 Å². The van der Waals surface area contributed by atoms with Gasteiger partial charge in [-0.15, -0.1) is 0 Å². The SMILES string of the molecule is COc1cc(Cl)c(C)cc1NC(=O)[C@@H]1CNC[C@H]1C. The summed E-state index contributed by atoms with van der Waals surface area (Å²) in [6, 6.07) is 3.56. The highest BCUT2D eigenvalue weighted by molar-refractivity contribution is 6.31. The van der Waals surface area contributed by atoms with E-state index in [1.54, 1.807) is 13.2 Å². The maximum Gasteiger partial charge on any atom is 0.229 e. The molecule has 1 aromatic rings. The Morgan fingerprint density at radius 2 is 2.21 bits per heavy atom. The van der Waals surface area contributed by atoms with Gasteiger partial charge in [0.15, 0.2) is 0 Å². The number of amides is 1. The Balaban J connectivity index is 2.18. The molecule has 1 aliphatic rings. The van der Waals surface area contributed by atoms with E-state index in [0.29, 0.717) is 22.4 Å². The Kier molecular flexibility index (Phi) is 4.32. The van der Waals surface area contributed by atoms with Crippen molar-refractivity contribution in [2.45, 2.75) is 13.8 Å². The van der Waals surface area contributed by atoms with Crippen LogP contribution in [-0.2, 0) is 4.79 Å². The van der Waals surface area contributed by atoms with Crippen LogP contribution in [0, 0.1) is 18.8 Å². The fraction of sp³-hybridized carbons (Fsp3) is 0.500. The van der Waals surface area contributed by atoms with Gasteiger partial charge < -0.3 is 15.4 Å². The zero-order chi connectivity index (χ0) is 14.0. The van der Waals surface area contributed by atoms with Gasteiger partial charge in [0.25, 0.3) is 0 Å². The van der Waals surface area contributed by atoms with E-state index in [-0.39, 0.29) is 11.8 Å². The fourth-order valence-corrected chi connectivity index (χ4v) is 2.47. The lowest BCUT2D eigenvalue weighted by atomic mass is 9.97. The number of carbonyl (C=O) groups is 1. The van der Waals surface area contributed by atoms with Crippen molar-refractivity contribution >= 4 is 23.2 Å². The summed E-state index contributed by atoms with van der Waals surface area (Å²) in [5.41, 5.74) is 1.59. The van der Waals surface area contributed by atoms with Crippen LogP contribution in [0.4, 0.5) is 5.69 Å². The number of methoxy groups -OCH3 is 1. The monoisotopic (exact) mass is 282 g/mol. The average molecular weight is 283 g/mol. The molecule has 19 heavy (non-hydrogen) atoms. The van der Waals surface area contributed by atoms with Crippen LogP contribution in [0.15, 0.2) is 12.1 Å². The van der Waals surface area contributed by atoms with Gasteiger partial charge in [0.05, 0.1) is 18.7 Å². The van der Waals surface area contributed by atoms with Crippen molar-refractivity contribution in [1.82, 2.24) is 5.32 Å². The first-order chi connectivity index (χ1) is 9.02. The average Bonchev–Trinajstić information content (AvgIpc) is 2.79. The molecule has 1 aliphatic heterocycles. The molecule has 1 heterocycles. The van der Waals surface area contributed by atoms with Gasteiger partial charge in [0.1, 0.15) is 5.75 Å². The van der Waals surface area contributed by atoms with Gasteiger partial charge in [0.2, 0.25) is 5.91 Å². The molecule has 104 valence electrons. The van der Waals surface area contributed by atoms with Crippen molar-refractivity contribution in [2.75, 3.05) is 25.5 Å². The fourth-order valence-electron chi connectivity index (χ4n) is 2.32. The molecule has 1 amide bonds. The molecule has 5 heteroatoms. The van der Waals surface area contributed by atoms with E-state index in [4.69, 9.17) is 16.3 Å². The maximum atomic E-state index is 12.2. The van der Waals surface area contributed by atoms with Gasteiger partial charge in [-0.1, -0.05) is 18.5 Å². The highest BCUT2D eigenvalue weighted by atomic mass is 35.5. The second-order valence-electron chi connectivity index (χ2n) is 5.03. The summed E-state index contributed by atoms with van der Waals surface area (Å²) in [5, 5.41) is 6.79. The third-order valence-electron chi connectivity index (χ3n) is 3.59. The van der Waals surface area contributed by atoms with E-state index in [0.717, 1.165) is 18.7 Å². The normalized spacial score (nSPS) is 22.3. The molecule has 4 nitrogen and oxygen atoms in total. The third kappa shape index (κ3) is 3.01. The summed E-state index contributed by atoms with van der Waals surface area (Å²) in [4.78, 5) is 12.2. The van der Waals surface area contributed by atoms with E-state index >= 15 is 0 Å². The van der Waals surface area contributed by atoms with Crippen LogP contribution in [0.25, 0.3) is 0 Å².